The number of anilines is 1. The molecular formula is C20H24N2O4S. The molecular weight excluding hydrogens is 364 g/mol. The second-order valence-corrected chi connectivity index (χ2v) is 7.28. The predicted octanol–water partition coefficient (Wildman–Crippen LogP) is 3.65. The molecule has 0 unspecified atom stereocenters. The van der Waals surface area contributed by atoms with Gasteiger partial charge in [0.25, 0.3) is 5.91 Å². The van der Waals surface area contributed by atoms with Crippen LogP contribution in [0.3, 0.4) is 0 Å². The van der Waals surface area contributed by atoms with E-state index >= 15 is 0 Å². The standard InChI is InChI=1S/C20H24N2O4S/c1-3-26-16-7-6-15(13-17(16)25-2)21-19(23)14-8-10-22(11-9-14)20(24)18-5-4-12-27-18/h4-7,12-14H,3,8-11H2,1-2H3,(H,21,23). The summed E-state index contributed by atoms with van der Waals surface area (Å²) in [6.45, 7) is 3.65. The van der Waals surface area contributed by atoms with Crippen LogP contribution >= 0.6 is 11.3 Å². The molecule has 1 aromatic carbocycles. The maximum absolute atomic E-state index is 12.6. The topological polar surface area (TPSA) is 67.9 Å². The van der Waals surface area contributed by atoms with Crippen LogP contribution < -0.4 is 14.8 Å². The highest BCUT2D eigenvalue weighted by molar-refractivity contribution is 7.12. The quantitative estimate of drug-likeness (QED) is 0.820. The summed E-state index contributed by atoms with van der Waals surface area (Å²) >= 11 is 1.45. The normalized spacial score (nSPS) is 14.7. The Bertz CT molecular complexity index is 783. The highest BCUT2D eigenvalue weighted by Crippen LogP contribution is 2.31. The first-order valence-electron chi connectivity index (χ1n) is 9.06. The molecule has 1 aliphatic heterocycles. The number of methoxy groups -OCH3 is 1. The summed E-state index contributed by atoms with van der Waals surface area (Å²) < 4.78 is 10.8. The number of benzene rings is 1. The third-order valence-corrected chi connectivity index (χ3v) is 5.47. The monoisotopic (exact) mass is 388 g/mol. The molecule has 2 heterocycles. The molecule has 0 saturated carbocycles. The van der Waals surface area contributed by atoms with Gasteiger partial charge in [0, 0.05) is 30.8 Å². The zero-order valence-electron chi connectivity index (χ0n) is 15.6. The van der Waals surface area contributed by atoms with Crippen molar-refractivity contribution in [3.8, 4) is 11.5 Å². The third kappa shape index (κ3) is 4.60. The van der Waals surface area contributed by atoms with E-state index in [-0.39, 0.29) is 17.7 Å². The lowest BCUT2D eigenvalue weighted by Crippen LogP contribution is -2.41. The van der Waals surface area contributed by atoms with Gasteiger partial charge in [-0.3, -0.25) is 9.59 Å². The first-order valence-corrected chi connectivity index (χ1v) is 9.94. The van der Waals surface area contributed by atoms with Crippen molar-refractivity contribution < 1.29 is 19.1 Å². The van der Waals surface area contributed by atoms with Gasteiger partial charge in [-0.25, -0.2) is 0 Å². The summed E-state index contributed by atoms with van der Waals surface area (Å²) in [5.41, 5.74) is 0.678. The molecule has 0 bridgehead atoms. The molecule has 2 aromatic rings. The van der Waals surface area contributed by atoms with Gasteiger partial charge in [0.2, 0.25) is 5.91 Å². The second kappa shape index (κ2) is 8.90. The van der Waals surface area contributed by atoms with E-state index < -0.39 is 0 Å². The number of amides is 2. The van der Waals surface area contributed by atoms with E-state index in [2.05, 4.69) is 5.32 Å². The first-order chi connectivity index (χ1) is 13.1. The van der Waals surface area contributed by atoms with Gasteiger partial charge in [0.1, 0.15) is 0 Å². The van der Waals surface area contributed by atoms with Gasteiger partial charge in [-0.15, -0.1) is 11.3 Å². The maximum Gasteiger partial charge on any atom is 0.263 e. The SMILES string of the molecule is CCOc1ccc(NC(=O)C2CCN(C(=O)c3cccs3)CC2)cc1OC. The molecule has 0 spiro atoms. The van der Waals surface area contributed by atoms with Crippen molar-refractivity contribution >= 4 is 28.8 Å². The number of hydrogen-bond donors (Lipinski definition) is 1. The molecule has 2 amide bonds. The van der Waals surface area contributed by atoms with E-state index in [0.717, 1.165) is 4.88 Å². The fourth-order valence-electron chi connectivity index (χ4n) is 3.17. The van der Waals surface area contributed by atoms with Gasteiger partial charge in [-0.2, -0.15) is 0 Å². The van der Waals surface area contributed by atoms with Crippen LogP contribution in [0.1, 0.15) is 29.4 Å². The van der Waals surface area contributed by atoms with Crippen LogP contribution in [-0.4, -0.2) is 43.5 Å². The molecule has 7 heteroatoms. The lowest BCUT2D eigenvalue weighted by molar-refractivity contribution is -0.121. The lowest BCUT2D eigenvalue weighted by atomic mass is 9.95. The van der Waals surface area contributed by atoms with E-state index in [1.807, 2.05) is 29.3 Å². The van der Waals surface area contributed by atoms with Gasteiger partial charge in [-0.1, -0.05) is 6.07 Å². The summed E-state index contributed by atoms with van der Waals surface area (Å²) in [7, 11) is 1.57. The molecule has 27 heavy (non-hydrogen) atoms. The largest absolute Gasteiger partial charge is 0.493 e. The van der Waals surface area contributed by atoms with Crippen LogP contribution in [0.15, 0.2) is 35.7 Å². The van der Waals surface area contributed by atoms with Crippen LogP contribution in [0.2, 0.25) is 0 Å². The minimum Gasteiger partial charge on any atom is -0.493 e. The Balaban J connectivity index is 1.56. The van der Waals surface area contributed by atoms with Crippen molar-refractivity contribution in [1.82, 2.24) is 4.90 Å². The summed E-state index contributed by atoms with van der Waals surface area (Å²) in [5.74, 6) is 1.17. The Labute approximate surface area is 163 Å². The van der Waals surface area contributed by atoms with Crippen LogP contribution in [0, 0.1) is 5.92 Å². The summed E-state index contributed by atoms with van der Waals surface area (Å²) in [5, 5.41) is 4.85. The Morgan fingerprint density at radius 1 is 1.22 bits per heavy atom. The van der Waals surface area contributed by atoms with Crippen LogP contribution in [0.5, 0.6) is 11.5 Å². The number of hydrogen-bond acceptors (Lipinski definition) is 5. The molecule has 0 aliphatic carbocycles. The molecule has 144 valence electrons. The Morgan fingerprint density at radius 2 is 2.00 bits per heavy atom. The van der Waals surface area contributed by atoms with Gasteiger partial charge < -0.3 is 19.7 Å². The van der Waals surface area contributed by atoms with Crippen LogP contribution in [-0.2, 0) is 4.79 Å². The average molecular weight is 388 g/mol. The van der Waals surface area contributed by atoms with Crippen LogP contribution in [0.4, 0.5) is 5.69 Å². The van der Waals surface area contributed by atoms with Gasteiger partial charge in [0.15, 0.2) is 11.5 Å². The molecule has 1 aromatic heterocycles. The molecule has 6 nitrogen and oxygen atoms in total. The third-order valence-electron chi connectivity index (χ3n) is 4.62. The van der Waals surface area contributed by atoms with Crippen molar-refractivity contribution in [3.63, 3.8) is 0 Å². The fraction of sp³-hybridized carbons (Fsp3) is 0.400. The van der Waals surface area contributed by atoms with Gasteiger partial charge >= 0.3 is 0 Å². The van der Waals surface area contributed by atoms with Crippen molar-refractivity contribution in [2.24, 2.45) is 5.92 Å². The molecule has 1 N–H and O–H groups in total. The molecule has 0 atom stereocenters. The summed E-state index contributed by atoms with van der Waals surface area (Å²) in [4.78, 5) is 27.6. The van der Waals surface area contributed by atoms with Crippen molar-refractivity contribution in [1.29, 1.82) is 0 Å². The van der Waals surface area contributed by atoms with E-state index in [1.54, 1.807) is 25.3 Å². The van der Waals surface area contributed by atoms with Crippen molar-refractivity contribution in [2.75, 3.05) is 32.1 Å². The van der Waals surface area contributed by atoms with E-state index in [9.17, 15) is 9.59 Å². The molecule has 0 radical (unpaired) electrons. The number of piperidine rings is 1. The summed E-state index contributed by atoms with van der Waals surface area (Å²) in [6.07, 6.45) is 1.33. The van der Waals surface area contributed by atoms with Gasteiger partial charge in [-0.05, 0) is 43.3 Å². The second-order valence-electron chi connectivity index (χ2n) is 6.33. The number of likely N-dealkylation sites (tertiary alicyclic amines) is 1. The van der Waals surface area contributed by atoms with E-state index in [0.29, 0.717) is 49.7 Å². The Morgan fingerprint density at radius 3 is 2.63 bits per heavy atom. The number of thiophene rings is 1. The predicted molar refractivity (Wildman–Crippen MR) is 106 cm³/mol. The Kier molecular flexibility index (Phi) is 6.34. The summed E-state index contributed by atoms with van der Waals surface area (Å²) in [6, 6.07) is 9.08. The number of carbonyl (C=O) groups is 2. The first kappa shape index (κ1) is 19.2. The molecule has 1 fully saturated rings. The number of ether oxygens (including phenoxy) is 2. The van der Waals surface area contributed by atoms with E-state index in [1.165, 1.54) is 11.3 Å². The lowest BCUT2D eigenvalue weighted by Gasteiger charge is -2.31. The zero-order chi connectivity index (χ0) is 19.2. The van der Waals surface area contributed by atoms with Gasteiger partial charge in [0.05, 0.1) is 18.6 Å². The minimum atomic E-state index is -0.102. The van der Waals surface area contributed by atoms with Crippen molar-refractivity contribution in [2.45, 2.75) is 19.8 Å². The zero-order valence-corrected chi connectivity index (χ0v) is 16.4. The maximum atomic E-state index is 12.6. The minimum absolute atomic E-state index is 0.0237. The fourth-order valence-corrected chi connectivity index (χ4v) is 3.86. The van der Waals surface area contributed by atoms with Crippen molar-refractivity contribution in [3.05, 3.63) is 40.6 Å². The molecule has 1 saturated heterocycles. The van der Waals surface area contributed by atoms with Crippen LogP contribution in [0.25, 0.3) is 0 Å². The number of nitrogens with one attached hydrogen (secondary N) is 1. The van der Waals surface area contributed by atoms with E-state index in [4.69, 9.17) is 9.47 Å². The Hall–Kier alpha value is -2.54. The smallest absolute Gasteiger partial charge is 0.263 e. The highest BCUT2D eigenvalue weighted by atomic mass is 32.1. The average Bonchev–Trinajstić information content (AvgIpc) is 3.23. The number of nitrogens with zero attached hydrogens (tertiary/aromatic N) is 1. The molecule has 3 rings (SSSR count). The number of carbonyl (C=O) groups excluding carboxylic acids is 2. The highest BCUT2D eigenvalue weighted by Gasteiger charge is 2.28. The molecule has 1 aliphatic rings. The number of rotatable bonds is 6.